The summed E-state index contributed by atoms with van der Waals surface area (Å²) < 4.78 is 35.4. The molecule has 1 saturated heterocycles. The standard InChI is InChI=1S/C26H29F2N5O4/c1-13-4-7-18(37-10-16-5-6-16)17(8-13)21-23-22(30-12-29-21)20(14(2)31-23)24(35)32-19-9-33(11-26(19,27)28)25(36)15(3)34/h4,7-8,12,15-16,19,31,34H,5-6,9-11H2,1-3H3,(H,32,35)/t15-,19?/m0/s1. The third-order valence-corrected chi connectivity index (χ3v) is 6.85. The number of ether oxygens (including phenoxy) is 1. The van der Waals surface area contributed by atoms with Gasteiger partial charge in [0.25, 0.3) is 17.7 Å². The van der Waals surface area contributed by atoms with Crippen molar-refractivity contribution in [2.24, 2.45) is 5.92 Å². The SMILES string of the molecule is Cc1ccc(OCC2CC2)c(-c2ncnc3c(C(=O)NC4CN(C(=O)[C@H](C)O)CC4(F)F)c(C)[nH]c23)c1. The summed E-state index contributed by atoms with van der Waals surface area (Å²) in [6, 6.07) is 4.20. The third kappa shape index (κ3) is 4.87. The lowest BCUT2D eigenvalue weighted by molar-refractivity contribution is -0.139. The van der Waals surface area contributed by atoms with Gasteiger partial charge in [-0.15, -0.1) is 0 Å². The molecular weight excluding hydrogens is 484 g/mol. The molecule has 1 aliphatic carbocycles. The number of aromatic nitrogens is 3. The number of nitrogens with one attached hydrogen (secondary N) is 2. The van der Waals surface area contributed by atoms with Crippen molar-refractivity contribution in [3.63, 3.8) is 0 Å². The van der Waals surface area contributed by atoms with Crippen molar-refractivity contribution in [3.05, 3.63) is 41.3 Å². The van der Waals surface area contributed by atoms with Crippen LogP contribution >= 0.6 is 0 Å². The fourth-order valence-electron chi connectivity index (χ4n) is 4.65. The summed E-state index contributed by atoms with van der Waals surface area (Å²) in [6.07, 6.45) is 2.23. The number of rotatable bonds is 7. The van der Waals surface area contributed by atoms with Crippen LogP contribution in [0.1, 0.15) is 41.4 Å². The van der Waals surface area contributed by atoms with E-state index in [0.717, 1.165) is 28.9 Å². The zero-order chi connectivity index (χ0) is 26.5. The Morgan fingerprint density at radius 2 is 2.05 bits per heavy atom. The van der Waals surface area contributed by atoms with E-state index in [-0.39, 0.29) is 5.56 Å². The highest BCUT2D eigenvalue weighted by Crippen LogP contribution is 2.37. The number of aliphatic hydroxyl groups is 1. The molecule has 0 radical (unpaired) electrons. The van der Waals surface area contributed by atoms with Crippen molar-refractivity contribution < 1.29 is 28.2 Å². The van der Waals surface area contributed by atoms with Crippen molar-refractivity contribution in [3.8, 4) is 17.0 Å². The van der Waals surface area contributed by atoms with E-state index in [1.165, 1.54) is 13.3 Å². The second-order valence-corrected chi connectivity index (χ2v) is 10.0. The van der Waals surface area contributed by atoms with Crippen LogP contribution < -0.4 is 10.1 Å². The summed E-state index contributed by atoms with van der Waals surface area (Å²) in [5.41, 5.74) is 3.66. The monoisotopic (exact) mass is 513 g/mol. The number of carbonyl (C=O) groups excluding carboxylic acids is 2. The minimum Gasteiger partial charge on any atom is -0.493 e. The highest BCUT2D eigenvalue weighted by molar-refractivity contribution is 6.09. The summed E-state index contributed by atoms with van der Waals surface area (Å²) in [5.74, 6) is -3.67. The first-order valence-corrected chi connectivity index (χ1v) is 12.3. The molecule has 196 valence electrons. The minimum absolute atomic E-state index is 0.128. The lowest BCUT2D eigenvalue weighted by Gasteiger charge is -2.18. The second kappa shape index (κ2) is 9.37. The van der Waals surface area contributed by atoms with Crippen LogP contribution in [-0.4, -0.2) is 74.5 Å². The maximum absolute atomic E-state index is 14.7. The normalized spacial score (nSPS) is 19.7. The van der Waals surface area contributed by atoms with Gasteiger partial charge in [-0.05, 0) is 51.7 Å². The number of fused-ring (bicyclic) bond motifs is 1. The number of alkyl halides is 2. The summed E-state index contributed by atoms with van der Waals surface area (Å²) in [4.78, 5) is 38.1. The molecule has 2 aliphatic rings. The quantitative estimate of drug-likeness (QED) is 0.447. The lowest BCUT2D eigenvalue weighted by atomic mass is 10.1. The van der Waals surface area contributed by atoms with E-state index in [9.17, 15) is 23.5 Å². The van der Waals surface area contributed by atoms with E-state index in [0.29, 0.717) is 40.7 Å². The third-order valence-electron chi connectivity index (χ3n) is 6.85. The first kappa shape index (κ1) is 25.1. The molecule has 1 aliphatic heterocycles. The summed E-state index contributed by atoms with van der Waals surface area (Å²) in [7, 11) is 0. The molecule has 2 atom stereocenters. The Balaban J connectivity index is 1.46. The molecule has 3 heterocycles. The lowest BCUT2D eigenvalue weighted by Crippen LogP contribution is -2.47. The molecule has 2 aromatic heterocycles. The number of aromatic amines is 1. The molecule has 37 heavy (non-hydrogen) atoms. The molecule has 3 aromatic rings. The molecule has 1 unspecified atom stereocenters. The number of carbonyl (C=O) groups is 2. The number of halogens is 2. The van der Waals surface area contributed by atoms with E-state index in [4.69, 9.17) is 4.74 Å². The van der Waals surface area contributed by atoms with E-state index >= 15 is 0 Å². The molecule has 0 spiro atoms. The maximum atomic E-state index is 14.7. The number of nitrogens with zero attached hydrogens (tertiary/aromatic N) is 3. The van der Waals surface area contributed by atoms with Gasteiger partial charge in [-0.1, -0.05) is 11.6 Å². The van der Waals surface area contributed by atoms with Gasteiger partial charge in [0.15, 0.2) is 0 Å². The fourth-order valence-corrected chi connectivity index (χ4v) is 4.65. The Labute approximate surface area is 212 Å². The zero-order valence-electron chi connectivity index (χ0n) is 20.8. The molecule has 2 amide bonds. The molecule has 11 heteroatoms. The highest BCUT2D eigenvalue weighted by Gasteiger charge is 2.51. The van der Waals surface area contributed by atoms with Gasteiger partial charge in [0.05, 0.1) is 24.2 Å². The molecule has 5 rings (SSSR count). The van der Waals surface area contributed by atoms with Crippen LogP contribution in [0, 0.1) is 19.8 Å². The Kier molecular flexibility index (Phi) is 6.35. The molecule has 1 aromatic carbocycles. The Bertz CT molecular complexity index is 1370. The Morgan fingerprint density at radius 1 is 1.30 bits per heavy atom. The predicted molar refractivity (Wildman–Crippen MR) is 131 cm³/mol. The summed E-state index contributed by atoms with van der Waals surface area (Å²) in [5, 5.41) is 11.9. The average Bonchev–Trinajstić information content (AvgIpc) is 3.54. The largest absolute Gasteiger partial charge is 0.493 e. The van der Waals surface area contributed by atoms with Crippen LogP contribution in [0.3, 0.4) is 0 Å². The average molecular weight is 514 g/mol. The van der Waals surface area contributed by atoms with Gasteiger partial charge < -0.3 is 25.0 Å². The molecular formula is C26H29F2N5O4. The van der Waals surface area contributed by atoms with Crippen molar-refractivity contribution >= 4 is 22.8 Å². The maximum Gasteiger partial charge on any atom is 0.286 e. The van der Waals surface area contributed by atoms with Crippen LogP contribution in [-0.2, 0) is 4.79 Å². The van der Waals surface area contributed by atoms with Gasteiger partial charge in [-0.2, -0.15) is 0 Å². The molecule has 2 fully saturated rings. The van der Waals surface area contributed by atoms with Gasteiger partial charge in [0.1, 0.15) is 35.4 Å². The number of hydrogen-bond donors (Lipinski definition) is 3. The predicted octanol–water partition coefficient (Wildman–Crippen LogP) is 2.99. The van der Waals surface area contributed by atoms with Crippen LogP contribution in [0.5, 0.6) is 5.75 Å². The van der Waals surface area contributed by atoms with E-state index in [2.05, 4.69) is 20.3 Å². The molecule has 9 nitrogen and oxygen atoms in total. The fraction of sp³-hybridized carbons (Fsp3) is 0.462. The zero-order valence-corrected chi connectivity index (χ0v) is 20.8. The summed E-state index contributed by atoms with van der Waals surface area (Å²) in [6.45, 7) is 4.17. The number of H-pyrrole nitrogens is 1. The van der Waals surface area contributed by atoms with Crippen LogP contribution in [0.15, 0.2) is 24.5 Å². The van der Waals surface area contributed by atoms with Gasteiger partial charge >= 0.3 is 0 Å². The van der Waals surface area contributed by atoms with Crippen molar-refractivity contribution in [2.45, 2.75) is 51.7 Å². The molecule has 3 N–H and O–H groups in total. The van der Waals surface area contributed by atoms with Gasteiger partial charge in [0.2, 0.25) is 0 Å². The number of likely N-dealkylation sites (tertiary alicyclic amines) is 1. The van der Waals surface area contributed by atoms with Crippen molar-refractivity contribution in [2.75, 3.05) is 19.7 Å². The summed E-state index contributed by atoms with van der Waals surface area (Å²) >= 11 is 0. The smallest absolute Gasteiger partial charge is 0.286 e. The highest BCUT2D eigenvalue weighted by atomic mass is 19.3. The van der Waals surface area contributed by atoms with E-state index in [1.54, 1.807) is 6.92 Å². The Hall–Kier alpha value is -3.60. The minimum atomic E-state index is -3.35. The number of hydrogen-bond acceptors (Lipinski definition) is 6. The van der Waals surface area contributed by atoms with Gasteiger partial charge in [-0.3, -0.25) is 9.59 Å². The first-order valence-electron chi connectivity index (χ1n) is 12.3. The topological polar surface area (TPSA) is 120 Å². The second-order valence-electron chi connectivity index (χ2n) is 10.0. The van der Waals surface area contributed by atoms with Crippen LogP contribution in [0.4, 0.5) is 8.78 Å². The number of aryl methyl sites for hydroxylation is 2. The number of amides is 2. The van der Waals surface area contributed by atoms with Crippen LogP contribution in [0.2, 0.25) is 0 Å². The molecule has 0 bridgehead atoms. The van der Waals surface area contributed by atoms with Gasteiger partial charge in [0, 0.05) is 17.8 Å². The van der Waals surface area contributed by atoms with Crippen LogP contribution in [0.25, 0.3) is 22.3 Å². The van der Waals surface area contributed by atoms with Crippen molar-refractivity contribution in [1.29, 1.82) is 0 Å². The molecule has 1 saturated carbocycles. The van der Waals surface area contributed by atoms with Gasteiger partial charge in [-0.25, -0.2) is 18.7 Å². The number of aliphatic hydroxyl groups excluding tert-OH is 1. The van der Waals surface area contributed by atoms with E-state index < -0.39 is 43.0 Å². The Morgan fingerprint density at radius 3 is 2.76 bits per heavy atom. The number of benzene rings is 1. The van der Waals surface area contributed by atoms with E-state index in [1.807, 2.05) is 25.1 Å². The van der Waals surface area contributed by atoms with Crippen molar-refractivity contribution in [1.82, 2.24) is 25.2 Å². The first-order chi connectivity index (χ1) is 17.5.